The molecule has 0 amide bonds. The molecule has 5 nitrogen and oxygen atoms in total. The summed E-state index contributed by atoms with van der Waals surface area (Å²) in [5.74, 6) is 0.882. The molecule has 0 saturated heterocycles. The standard InChI is InChI=1S/C19H28N4OS3Si/c1-19(2,3)28(5,6)24-13-16-11-12-17(27-26-16)18-20-21-22(4)23(18)14-7-9-15(25)10-8-14/h7-12,21,25H,13H2,1-6H3. The van der Waals surface area contributed by atoms with Crippen LogP contribution in [0.25, 0.3) is 0 Å². The lowest BCUT2D eigenvalue weighted by molar-refractivity contribution is 0.278. The number of benzene rings is 1. The number of amidine groups is 1. The molecule has 0 aliphatic carbocycles. The van der Waals surface area contributed by atoms with E-state index in [0.717, 1.165) is 21.3 Å². The highest BCUT2D eigenvalue weighted by Crippen LogP contribution is 2.43. The molecule has 0 unspecified atom stereocenters. The summed E-state index contributed by atoms with van der Waals surface area (Å²) in [6, 6.07) is 8.04. The van der Waals surface area contributed by atoms with E-state index in [2.05, 4.69) is 74.3 Å². The van der Waals surface area contributed by atoms with Crippen molar-refractivity contribution in [1.29, 1.82) is 0 Å². The summed E-state index contributed by atoms with van der Waals surface area (Å²) in [6.07, 6.45) is 4.28. The lowest BCUT2D eigenvalue weighted by Crippen LogP contribution is -2.43. The van der Waals surface area contributed by atoms with E-state index in [9.17, 15) is 0 Å². The van der Waals surface area contributed by atoms with E-state index in [1.165, 1.54) is 4.91 Å². The molecule has 2 aliphatic heterocycles. The van der Waals surface area contributed by atoms with Crippen LogP contribution in [0.2, 0.25) is 18.1 Å². The maximum absolute atomic E-state index is 6.35. The van der Waals surface area contributed by atoms with Crippen molar-refractivity contribution in [3.63, 3.8) is 0 Å². The van der Waals surface area contributed by atoms with Crippen LogP contribution in [0.15, 0.2) is 56.2 Å². The van der Waals surface area contributed by atoms with Crippen LogP contribution in [-0.2, 0) is 4.43 Å². The van der Waals surface area contributed by atoms with Gasteiger partial charge < -0.3 is 4.43 Å². The lowest BCUT2D eigenvalue weighted by Gasteiger charge is -2.36. The molecule has 0 atom stereocenters. The first kappa shape index (κ1) is 21.9. The number of hydrogen-bond acceptors (Lipinski definition) is 8. The van der Waals surface area contributed by atoms with Crippen LogP contribution in [0.3, 0.4) is 0 Å². The minimum absolute atomic E-state index is 0.221. The van der Waals surface area contributed by atoms with Gasteiger partial charge in [-0.3, -0.25) is 0 Å². The third-order valence-corrected chi connectivity index (χ3v) is 12.4. The molecule has 9 heteroatoms. The van der Waals surface area contributed by atoms with Gasteiger partial charge in [0.1, 0.15) is 0 Å². The Kier molecular flexibility index (Phi) is 6.63. The van der Waals surface area contributed by atoms with Crippen molar-refractivity contribution < 1.29 is 4.43 Å². The highest BCUT2D eigenvalue weighted by molar-refractivity contribution is 8.79. The summed E-state index contributed by atoms with van der Waals surface area (Å²) in [7, 11) is 3.68. The van der Waals surface area contributed by atoms with Gasteiger partial charge in [-0.15, -0.1) is 22.8 Å². The van der Waals surface area contributed by atoms with Gasteiger partial charge in [-0.25, -0.2) is 10.5 Å². The number of anilines is 1. The van der Waals surface area contributed by atoms with E-state index >= 15 is 0 Å². The van der Waals surface area contributed by atoms with Gasteiger partial charge in [0.25, 0.3) is 0 Å². The minimum atomic E-state index is -1.74. The van der Waals surface area contributed by atoms with Crippen LogP contribution in [0, 0.1) is 0 Å². The highest BCUT2D eigenvalue weighted by Gasteiger charge is 2.37. The van der Waals surface area contributed by atoms with Crippen molar-refractivity contribution in [2.24, 2.45) is 5.10 Å². The fraction of sp³-hybridized carbons (Fsp3) is 0.421. The summed E-state index contributed by atoms with van der Waals surface area (Å²) in [6.45, 7) is 12.1. The molecule has 0 radical (unpaired) electrons. The van der Waals surface area contributed by atoms with Crippen LogP contribution < -0.4 is 10.5 Å². The molecule has 152 valence electrons. The minimum Gasteiger partial charge on any atom is -0.412 e. The van der Waals surface area contributed by atoms with E-state index in [1.807, 2.05) is 36.4 Å². The number of thiol groups is 1. The van der Waals surface area contributed by atoms with Crippen LogP contribution in [0.5, 0.6) is 0 Å². The Morgan fingerprint density at radius 1 is 1.14 bits per heavy atom. The molecule has 0 fully saturated rings. The molecule has 28 heavy (non-hydrogen) atoms. The maximum atomic E-state index is 6.35. The average Bonchev–Trinajstić information content (AvgIpc) is 3.02. The van der Waals surface area contributed by atoms with Gasteiger partial charge >= 0.3 is 0 Å². The number of hydrazine groups is 2. The normalized spacial score (nSPS) is 18.5. The second-order valence-corrected chi connectivity index (χ2v) is 15.9. The summed E-state index contributed by atoms with van der Waals surface area (Å²) in [4.78, 5) is 3.28. The fourth-order valence-electron chi connectivity index (χ4n) is 2.38. The lowest BCUT2D eigenvalue weighted by atomic mass is 10.2. The number of hydrazone groups is 1. The van der Waals surface area contributed by atoms with Crippen molar-refractivity contribution in [1.82, 2.24) is 10.7 Å². The number of nitrogens with zero attached hydrogens (tertiary/aromatic N) is 3. The van der Waals surface area contributed by atoms with Crippen LogP contribution in [0.1, 0.15) is 20.8 Å². The predicted octanol–water partition coefficient (Wildman–Crippen LogP) is 5.64. The quantitative estimate of drug-likeness (QED) is 0.342. The Morgan fingerprint density at radius 2 is 1.82 bits per heavy atom. The van der Waals surface area contributed by atoms with E-state index in [-0.39, 0.29) is 5.04 Å². The third-order valence-electron chi connectivity index (χ3n) is 5.16. The third kappa shape index (κ3) is 4.83. The first-order chi connectivity index (χ1) is 13.1. The Hall–Kier alpha value is -0.843. The van der Waals surface area contributed by atoms with Crippen molar-refractivity contribution in [2.45, 2.75) is 43.8 Å². The van der Waals surface area contributed by atoms with Gasteiger partial charge in [0.05, 0.1) is 17.2 Å². The van der Waals surface area contributed by atoms with E-state index in [4.69, 9.17) is 4.43 Å². The topological polar surface area (TPSA) is 40.1 Å². The van der Waals surface area contributed by atoms with Crippen LogP contribution >= 0.6 is 34.2 Å². The molecule has 0 saturated carbocycles. The maximum Gasteiger partial charge on any atom is 0.192 e. The van der Waals surface area contributed by atoms with Crippen LogP contribution in [-0.4, -0.2) is 32.9 Å². The zero-order valence-corrected chi connectivity index (χ0v) is 20.7. The smallest absolute Gasteiger partial charge is 0.192 e. The molecule has 3 rings (SSSR count). The van der Waals surface area contributed by atoms with Crippen molar-refractivity contribution in [3.05, 3.63) is 46.2 Å². The highest BCUT2D eigenvalue weighted by atomic mass is 33.1. The van der Waals surface area contributed by atoms with Gasteiger partial charge in [-0.1, -0.05) is 31.6 Å². The number of rotatable bonds is 5. The monoisotopic (exact) mass is 452 g/mol. The van der Waals surface area contributed by atoms with E-state index < -0.39 is 8.32 Å². The predicted molar refractivity (Wildman–Crippen MR) is 129 cm³/mol. The molecule has 1 aromatic rings. The van der Waals surface area contributed by atoms with Gasteiger partial charge in [0.15, 0.2) is 14.2 Å². The molecular formula is C19H28N4OS3Si. The largest absolute Gasteiger partial charge is 0.412 e. The molecule has 1 aromatic carbocycles. The zero-order chi connectivity index (χ0) is 20.5. The zero-order valence-electron chi connectivity index (χ0n) is 17.2. The first-order valence-corrected chi connectivity index (χ1v) is 14.6. The average molecular weight is 453 g/mol. The Balaban J connectivity index is 1.72. The first-order valence-electron chi connectivity index (χ1n) is 9.14. The van der Waals surface area contributed by atoms with Gasteiger partial charge in [0, 0.05) is 16.8 Å². The van der Waals surface area contributed by atoms with Gasteiger partial charge in [-0.2, -0.15) is 0 Å². The summed E-state index contributed by atoms with van der Waals surface area (Å²) in [5, 5.41) is 8.65. The molecule has 0 spiro atoms. The Labute approximate surface area is 182 Å². The van der Waals surface area contributed by atoms with Gasteiger partial charge in [0.2, 0.25) is 0 Å². The van der Waals surface area contributed by atoms with Gasteiger partial charge in [-0.05, 0) is 65.3 Å². The summed E-state index contributed by atoms with van der Waals surface area (Å²) < 4.78 is 6.35. The van der Waals surface area contributed by atoms with E-state index in [1.54, 1.807) is 21.6 Å². The molecule has 2 heterocycles. The summed E-state index contributed by atoms with van der Waals surface area (Å²) >= 11 is 4.37. The van der Waals surface area contributed by atoms with Crippen molar-refractivity contribution in [3.8, 4) is 0 Å². The second kappa shape index (κ2) is 8.49. The van der Waals surface area contributed by atoms with Crippen molar-refractivity contribution >= 4 is 54.1 Å². The fourth-order valence-corrected chi connectivity index (χ4v) is 5.63. The Morgan fingerprint density at radius 3 is 2.39 bits per heavy atom. The summed E-state index contributed by atoms with van der Waals surface area (Å²) in [5.41, 5.74) is 4.06. The molecule has 2 aliphatic rings. The molecule has 1 N–H and O–H groups in total. The number of nitrogens with one attached hydrogen (secondary N) is 1. The second-order valence-electron chi connectivity index (χ2n) is 8.27. The molecule has 0 bridgehead atoms. The Bertz CT molecular complexity index is 815. The van der Waals surface area contributed by atoms with Crippen LogP contribution in [0.4, 0.5) is 5.69 Å². The number of hydrogen-bond donors (Lipinski definition) is 2. The molecular weight excluding hydrogens is 425 g/mol. The van der Waals surface area contributed by atoms with E-state index in [0.29, 0.717) is 6.61 Å². The SMILES string of the molecule is CN1NN=C(C2=CC=C(CO[Si](C)(C)C(C)(C)C)SS2)N1c1ccc(S)cc1. The number of allylic oxidation sites excluding steroid dienone is 2. The van der Waals surface area contributed by atoms with Crippen molar-refractivity contribution in [2.75, 3.05) is 18.7 Å². The molecule has 0 aromatic heterocycles.